The zero-order chi connectivity index (χ0) is 11.5. The molecule has 0 aliphatic carbocycles. The third-order valence-electron chi connectivity index (χ3n) is 2.14. The average Bonchev–Trinajstić information content (AvgIpc) is 2.75. The minimum absolute atomic E-state index is 0.800. The summed E-state index contributed by atoms with van der Waals surface area (Å²) in [6.45, 7) is 3.96. The fourth-order valence-corrected chi connectivity index (χ4v) is 3.17. The summed E-state index contributed by atoms with van der Waals surface area (Å²) in [5.41, 5.74) is 1.10. The first-order chi connectivity index (χ1) is 7.70. The van der Waals surface area contributed by atoms with Gasteiger partial charge in [-0.2, -0.15) is 0 Å². The fourth-order valence-electron chi connectivity index (χ4n) is 1.36. The van der Waals surface area contributed by atoms with Crippen LogP contribution in [0.4, 0.5) is 5.82 Å². The second kappa shape index (κ2) is 4.84. The first kappa shape index (κ1) is 11.4. The molecule has 2 aromatic heterocycles. The summed E-state index contributed by atoms with van der Waals surface area (Å²) in [4.78, 5) is 8.82. The van der Waals surface area contributed by atoms with Gasteiger partial charge in [-0.05, 0) is 25.3 Å². The Balaban J connectivity index is 2.36. The van der Waals surface area contributed by atoms with E-state index in [0.717, 1.165) is 22.2 Å². The molecule has 3 nitrogen and oxygen atoms in total. The SMILES string of the molecule is CNc1nc(C)nc(Sc2cccs2)c1C. The van der Waals surface area contributed by atoms with E-state index < -0.39 is 0 Å². The van der Waals surface area contributed by atoms with Gasteiger partial charge in [-0.3, -0.25) is 0 Å². The van der Waals surface area contributed by atoms with Gasteiger partial charge in [0.25, 0.3) is 0 Å². The van der Waals surface area contributed by atoms with Gasteiger partial charge in [-0.15, -0.1) is 11.3 Å². The lowest BCUT2D eigenvalue weighted by Crippen LogP contribution is -2.01. The Labute approximate surface area is 103 Å². The predicted octanol–water partition coefficient (Wildman–Crippen LogP) is 3.35. The van der Waals surface area contributed by atoms with Gasteiger partial charge in [0.1, 0.15) is 16.7 Å². The number of hydrogen-bond donors (Lipinski definition) is 1. The molecule has 0 spiro atoms. The summed E-state index contributed by atoms with van der Waals surface area (Å²) in [6.07, 6.45) is 0. The minimum atomic E-state index is 0.800. The van der Waals surface area contributed by atoms with Gasteiger partial charge in [-0.1, -0.05) is 17.8 Å². The molecule has 5 heteroatoms. The monoisotopic (exact) mass is 251 g/mol. The van der Waals surface area contributed by atoms with Crippen molar-refractivity contribution in [1.29, 1.82) is 0 Å². The lowest BCUT2D eigenvalue weighted by Gasteiger charge is -2.09. The summed E-state index contributed by atoms with van der Waals surface area (Å²) in [7, 11) is 1.88. The highest BCUT2D eigenvalue weighted by molar-refractivity contribution is 8.01. The number of nitrogens with zero attached hydrogens (tertiary/aromatic N) is 2. The highest BCUT2D eigenvalue weighted by Crippen LogP contribution is 2.33. The van der Waals surface area contributed by atoms with Crippen molar-refractivity contribution in [3.05, 3.63) is 28.9 Å². The molecular weight excluding hydrogens is 238 g/mol. The molecule has 0 amide bonds. The van der Waals surface area contributed by atoms with Gasteiger partial charge in [-0.25, -0.2) is 9.97 Å². The van der Waals surface area contributed by atoms with E-state index in [1.165, 1.54) is 4.21 Å². The highest BCUT2D eigenvalue weighted by Gasteiger charge is 2.09. The Hall–Kier alpha value is -1.07. The zero-order valence-corrected chi connectivity index (χ0v) is 11.1. The maximum atomic E-state index is 4.47. The molecule has 0 aromatic carbocycles. The van der Waals surface area contributed by atoms with Crippen LogP contribution in [0.15, 0.2) is 26.7 Å². The molecule has 0 saturated carbocycles. The number of nitrogens with one attached hydrogen (secondary N) is 1. The molecule has 0 bridgehead atoms. The normalized spacial score (nSPS) is 10.4. The van der Waals surface area contributed by atoms with Crippen molar-refractivity contribution in [2.45, 2.75) is 23.1 Å². The number of rotatable bonds is 3. The summed E-state index contributed by atoms with van der Waals surface area (Å²) >= 11 is 3.42. The van der Waals surface area contributed by atoms with Crippen LogP contribution in [0.5, 0.6) is 0 Å². The number of hydrogen-bond acceptors (Lipinski definition) is 5. The molecule has 0 saturated heterocycles. The lowest BCUT2D eigenvalue weighted by molar-refractivity contribution is 0.941. The largest absolute Gasteiger partial charge is 0.373 e. The van der Waals surface area contributed by atoms with Crippen molar-refractivity contribution < 1.29 is 0 Å². The van der Waals surface area contributed by atoms with Gasteiger partial charge in [0.15, 0.2) is 0 Å². The summed E-state index contributed by atoms with van der Waals surface area (Å²) < 4.78 is 1.25. The number of aromatic nitrogens is 2. The standard InChI is InChI=1S/C11H13N3S2/c1-7-10(12-3)13-8(2)14-11(7)16-9-5-4-6-15-9/h4-6H,1-3H3,(H,12,13,14). The molecule has 0 atom stereocenters. The molecule has 2 rings (SSSR count). The van der Waals surface area contributed by atoms with Crippen molar-refractivity contribution in [1.82, 2.24) is 9.97 Å². The molecule has 0 unspecified atom stereocenters. The molecule has 2 aromatic rings. The van der Waals surface area contributed by atoms with Gasteiger partial charge >= 0.3 is 0 Å². The molecule has 84 valence electrons. The smallest absolute Gasteiger partial charge is 0.133 e. The van der Waals surface area contributed by atoms with Crippen LogP contribution in [0.1, 0.15) is 11.4 Å². The summed E-state index contributed by atoms with van der Waals surface area (Å²) in [6, 6.07) is 4.15. The van der Waals surface area contributed by atoms with Crippen LogP contribution in [-0.2, 0) is 0 Å². The van der Waals surface area contributed by atoms with E-state index in [1.807, 2.05) is 20.9 Å². The third kappa shape index (κ3) is 2.36. The zero-order valence-electron chi connectivity index (χ0n) is 9.44. The van der Waals surface area contributed by atoms with Crippen molar-refractivity contribution in [3.63, 3.8) is 0 Å². The third-order valence-corrected chi connectivity index (χ3v) is 4.27. The van der Waals surface area contributed by atoms with Crippen LogP contribution >= 0.6 is 23.1 Å². The lowest BCUT2D eigenvalue weighted by atomic mass is 10.3. The van der Waals surface area contributed by atoms with E-state index in [4.69, 9.17) is 0 Å². The van der Waals surface area contributed by atoms with Gasteiger partial charge < -0.3 is 5.32 Å². The fraction of sp³-hybridized carbons (Fsp3) is 0.273. The first-order valence-corrected chi connectivity index (χ1v) is 6.64. The van der Waals surface area contributed by atoms with Crippen molar-refractivity contribution in [2.75, 3.05) is 12.4 Å². The Kier molecular flexibility index (Phi) is 3.46. The Morgan fingerprint density at radius 2 is 2.12 bits per heavy atom. The van der Waals surface area contributed by atoms with E-state index >= 15 is 0 Å². The van der Waals surface area contributed by atoms with Crippen LogP contribution in [-0.4, -0.2) is 17.0 Å². The minimum Gasteiger partial charge on any atom is -0.373 e. The van der Waals surface area contributed by atoms with Crippen LogP contribution in [0.2, 0.25) is 0 Å². The van der Waals surface area contributed by atoms with Crippen LogP contribution in [0, 0.1) is 13.8 Å². The van der Waals surface area contributed by atoms with Gasteiger partial charge in [0.2, 0.25) is 0 Å². The first-order valence-electron chi connectivity index (χ1n) is 4.95. The Morgan fingerprint density at radius 3 is 2.75 bits per heavy atom. The maximum Gasteiger partial charge on any atom is 0.133 e. The molecule has 2 heterocycles. The Bertz CT molecular complexity index is 480. The van der Waals surface area contributed by atoms with E-state index in [2.05, 4.69) is 32.8 Å². The molecule has 0 aliphatic rings. The number of thiophene rings is 1. The van der Waals surface area contributed by atoms with Gasteiger partial charge in [0.05, 0.1) is 4.21 Å². The summed E-state index contributed by atoms with van der Waals surface area (Å²) in [5.74, 6) is 1.71. The van der Waals surface area contributed by atoms with E-state index in [0.29, 0.717) is 0 Å². The van der Waals surface area contributed by atoms with Crippen molar-refractivity contribution in [3.8, 4) is 0 Å². The summed E-state index contributed by atoms with van der Waals surface area (Å²) in [5, 5.41) is 6.20. The molecule has 0 fully saturated rings. The molecule has 16 heavy (non-hydrogen) atoms. The average molecular weight is 251 g/mol. The predicted molar refractivity (Wildman–Crippen MR) is 69.5 cm³/mol. The molecular formula is C11H13N3S2. The molecule has 0 radical (unpaired) electrons. The number of anilines is 1. The second-order valence-electron chi connectivity index (χ2n) is 3.33. The molecule has 1 N–H and O–H groups in total. The van der Waals surface area contributed by atoms with Gasteiger partial charge in [0, 0.05) is 12.6 Å². The van der Waals surface area contributed by atoms with E-state index in [-0.39, 0.29) is 0 Å². The quantitative estimate of drug-likeness (QED) is 0.849. The number of aryl methyl sites for hydroxylation is 1. The van der Waals surface area contributed by atoms with E-state index in [1.54, 1.807) is 23.1 Å². The van der Waals surface area contributed by atoms with Crippen LogP contribution < -0.4 is 5.32 Å². The van der Waals surface area contributed by atoms with Crippen molar-refractivity contribution >= 4 is 28.9 Å². The topological polar surface area (TPSA) is 37.8 Å². The second-order valence-corrected chi connectivity index (χ2v) is 5.57. The molecule has 0 aliphatic heterocycles. The van der Waals surface area contributed by atoms with E-state index in [9.17, 15) is 0 Å². The highest BCUT2D eigenvalue weighted by atomic mass is 32.2. The van der Waals surface area contributed by atoms with Crippen molar-refractivity contribution in [2.24, 2.45) is 0 Å². The maximum absolute atomic E-state index is 4.47. The van der Waals surface area contributed by atoms with Crippen LogP contribution in [0.25, 0.3) is 0 Å². The van der Waals surface area contributed by atoms with Crippen LogP contribution in [0.3, 0.4) is 0 Å². The Morgan fingerprint density at radius 1 is 1.31 bits per heavy atom.